The molecule has 0 aliphatic heterocycles. The van der Waals surface area contributed by atoms with Crippen molar-refractivity contribution in [2.75, 3.05) is 27.2 Å². The second kappa shape index (κ2) is 7.44. The molecule has 0 radical (unpaired) electrons. The Labute approximate surface area is 124 Å². The van der Waals surface area contributed by atoms with Crippen LogP contribution in [0.25, 0.3) is 5.69 Å². The summed E-state index contributed by atoms with van der Waals surface area (Å²) < 4.78 is 1.97. The second-order valence-corrected chi connectivity index (χ2v) is 4.94. The number of carbonyl (C=O) groups is 1. The number of hydrogen-bond donors (Lipinski definition) is 2. The van der Waals surface area contributed by atoms with Gasteiger partial charge in [-0.05, 0) is 17.7 Å². The second-order valence-electron chi connectivity index (χ2n) is 4.94. The number of amides is 2. The highest BCUT2D eigenvalue weighted by Crippen LogP contribution is 2.08. The van der Waals surface area contributed by atoms with Gasteiger partial charge in [0.05, 0.1) is 6.33 Å². The summed E-state index contributed by atoms with van der Waals surface area (Å²) in [6, 6.07) is 8.22. The predicted molar refractivity (Wildman–Crippen MR) is 82.4 cm³/mol. The summed E-state index contributed by atoms with van der Waals surface area (Å²) in [5.41, 5.74) is 2.30. The van der Waals surface area contributed by atoms with E-state index < -0.39 is 0 Å². The third-order valence-corrected chi connectivity index (χ3v) is 3.05. The normalized spacial score (nSPS) is 10.4. The first-order valence-electron chi connectivity index (χ1n) is 6.90. The van der Waals surface area contributed by atoms with E-state index in [-0.39, 0.29) is 6.03 Å². The number of nitrogens with one attached hydrogen (secondary N) is 2. The van der Waals surface area contributed by atoms with E-state index in [1.807, 2.05) is 10.8 Å². The van der Waals surface area contributed by atoms with Crippen molar-refractivity contribution in [2.45, 2.75) is 6.54 Å². The van der Waals surface area contributed by atoms with Crippen molar-refractivity contribution >= 4 is 6.03 Å². The van der Waals surface area contributed by atoms with Gasteiger partial charge in [-0.1, -0.05) is 12.1 Å². The van der Waals surface area contributed by atoms with Crippen LogP contribution in [0.2, 0.25) is 0 Å². The molecular formula is C15H21N5O. The van der Waals surface area contributed by atoms with E-state index in [0.717, 1.165) is 18.8 Å². The van der Waals surface area contributed by atoms with Gasteiger partial charge in [0.2, 0.25) is 0 Å². The van der Waals surface area contributed by atoms with E-state index in [4.69, 9.17) is 0 Å². The van der Waals surface area contributed by atoms with E-state index in [1.165, 1.54) is 10.5 Å². The minimum atomic E-state index is -0.0681. The summed E-state index contributed by atoms with van der Waals surface area (Å²) in [4.78, 5) is 16.9. The average molecular weight is 287 g/mol. The molecule has 1 aromatic carbocycles. The summed E-state index contributed by atoms with van der Waals surface area (Å²) >= 11 is 0. The Morgan fingerprint density at radius 1 is 1.24 bits per heavy atom. The summed E-state index contributed by atoms with van der Waals surface area (Å²) in [7, 11) is 3.45. The Balaban J connectivity index is 1.71. The lowest BCUT2D eigenvalue weighted by Crippen LogP contribution is -2.38. The van der Waals surface area contributed by atoms with Crippen LogP contribution in [0.5, 0.6) is 0 Å². The molecule has 1 aromatic heterocycles. The number of carbonyl (C=O) groups excluding carboxylic acids is 1. The largest absolute Gasteiger partial charge is 0.337 e. The molecule has 1 heterocycles. The van der Waals surface area contributed by atoms with E-state index >= 15 is 0 Å². The van der Waals surface area contributed by atoms with Crippen molar-refractivity contribution in [3.05, 3.63) is 48.5 Å². The van der Waals surface area contributed by atoms with Crippen LogP contribution in [-0.2, 0) is 6.54 Å². The molecule has 112 valence electrons. The maximum absolute atomic E-state index is 11.3. The predicted octanol–water partition coefficient (Wildman–Crippen LogP) is 1.23. The van der Waals surface area contributed by atoms with E-state index in [2.05, 4.69) is 39.9 Å². The fourth-order valence-corrected chi connectivity index (χ4v) is 1.85. The molecule has 0 aliphatic carbocycles. The van der Waals surface area contributed by atoms with E-state index in [0.29, 0.717) is 6.54 Å². The standard InChI is InChI=1S/C15H21N5O/c1-19(2)15(21)18-8-7-16-11-13-3-5-14(6-4-13)20-10-9-17-12-20/h3-6,9-10,12,16H,7-8,11H2,1-2H3,(H,18,21). The molecule has 0 saturated carbocycles. The minimum absolute atomic E-state index is 0.0681. The number of benzene rings is 1. The van der Waals surface area contributed by atoms with Crippen LogP contribution in [0.1, 0.15) is 5.56 Å². The van der Waals surface area contributed by atoms with Crippen LogP contribution >= 0.6 is 0 Å². The van der Waals surface area contributed by atoms with Crippen molar-refractivity contribution in [3.63, 3.8) is 0 Å². The Hall–Kier alpha value is -2.34. The van der Waals surface area contributed by atoms with Crippen molar-refractivity contribution in [1.29, 1.82) is 0 Å². The van der Waals surface area contributed by atoms with Gasteiger partial charge >= 0.3 is 6.03 Å². The quantitative estimate of drug-likeness (QED) is 0.786. The molecule has 2 aromatic rings. The lowest BCUT2D eigenvalue weighted by molar-refractivity contribution is 0.217. The van der Waals surface area contributed by atoms with Gasteiger partial charge in [0, 0.05) is 51.8 Å². The first kappa shape index (κ1) is 15.1. The van der Waals surface area contributed by atoms with Crippen molar-refractivity contribution in [3.8, 4) is 5.69 Å². The van der Waals surface area contributed by atoms with Crippen LogP contribution in [0.3, 0.4) is 0 Å². The topological polar surface area (TPSA) is 62.2 Å². The first-order valence-corrected chi connectivity index (χ1v) is 6.90. The molecule has 2 amide bonds. The molecule has 0 saturated heterocycles. The Kier molecular flexibility index (Phi) is 5.34. The molecule has 6 heteroatoms. The van der Waals surface area contributed by atoms with Gasteiger partial charge in [-0.15, -0.1) is 0 Å². The third kappa shape index (κ3) is 4.61. The van der Waals surface area contributed by atoms with Gasteiger partial charge in [-0.2, -0.15) is 0 Å². The molecular weight excluding hydrogens is 266 g/mol. The smallest absolute Gasteiger partial charge is 0.316 e. The van der Waals surface area contributed by atoms with Crippen LogP contribution in [-0.4, -0.2) is 47.7 Å². The monoisotopic (exact) mass is 287 g/mol. The zero-order chi connectivity index (χ0) is 15.1. The van der Waals surface area contributed by atoms with Gasteiger partial charge in [0.25, 0.3) is 0 Å². The van der Waals surface area contributed by atoms with Crippen LogP contribution in [0.15, 0.2) is 43.0 Å². The average Bonchev–Trinajstić information content (AvgIpc) is 3.01. The van der Waals surface area contributed by atoms with Gasteiger partial charge in [-0.25, -0.2) is 9.78 Å². The van der Waals surface area contributed by atoms with Gasteiger partial charge in [-0.3, -0.25) is 0 Å². The number of imidazole rings is 1. The van der Waals surface area contributed by atoms with E-state index in [1.54, 1.807) is 26.6 Å². The van der Waals surface area contributed by atoms with Crippen LogP contribution < -0.4 is 10.6 Å². The fourth-order valence-electron chi connectivity index (χ4n) is 1.85. The molecule has 0 atom stereocenters. The highest BCUT2D eigenvalue weighted by atomic mass is 16.2. The highest BCUT2D eigenvalue weighted by molar-refractivity contribution is 5.73. The Bertz CT molecular complexity index is 548. The molecule has 0 spiro atoms. The van der Waals surface area contributed by atoms with Crippen LogP contribution in [0.4, 0.5) is 4.79 Å². The number of hydrogen-bond acceptors (Lipinski definition) is 3. The first-order chi connectivity index (χ1) is 10.2. The summed E-state index contributed by atoms with van der Waals surface area (Å²) in [6.45, 7) is 2.13. The van der Waals surface area contributed by atoms with Gasteiger partial charge in [0.15, 0.2) is 0 Å². The molecule has 2 N–H and O–H groups in total. The van der Waals surface area contributed by atoms with E-state index in [9.17, 15) is 4.79 Å². The Morgan fingerprint density at radius 3 is 2.62 bits per heavy atom. The fraction of sp³-hybridized carbons (Fsp3) is 0.333. The Morgan fingerprint density at radius 2 is 2.00 bits per heavy atom. The number of aromatic nitrogens is 2. The highest BCUT2D eigenvalue weighted by Gasteiger charge is 2.00. The van der Waals surface area contributed by atoms with Gasteiger partial charge in [0.1, 0.15) is 0 Å². The number of nitrogens with zero attached hydrogens (tertiary/aromatic N) is 3. The lowest BCUT2D eigenvalue weighted by atomic mass is 10.2. The number of urea groups is 1. The maximum atomic E-state index is 11.3. The molecule has 0 bridgehead atoms. The van der Waals surface area contributed by atoms with Crippen molar-refractivity contribution in [1.82, 2.24) is 25.1 Å². The molecule has 2 rings (SSSR count). The molecule has 6 nitrogen and oxygen atoms in total. The van der Waals surface area contributed by atoms with Crippen LogP contribution in [0, 0.1) is 0 Å². The molecule has 0 fully saturated rings. The maximum Gasteiger partial charge on any atom is 0.316 e. The lowest BCUT2D eigenvalue weighted by Gasteiger charge is -2.12. The SMILES string of the molecule is CN(C)C(=O)NCCNCc1ccc(-n2ccnc2)cc1. The molecule has 0 unspecified atom stereocenters. The summed E-state index contributed by atoms with van der Waals surface area (Å²) in [5, 5.41) is 6.11. The molecule has 0 aliphatic rings. The minimum Gasteiger partial charge on any atom is -0.337 e. The molecule has 21 heavy (non-hydrogen) atoms. The summed E-state index contributed by atoms with van der Waals surface area (Å²) in [5.74, 6) is 0. The third-order valence-electron chi connectivity index (χ3n) is 3.05. The zero-order valence-corrected chi connectivity index (χ0v) is 12.4. The van der Waals surface area contributed by atoms with Gasteiger partial charge < -0.3 is 20.1 Å². The van der Waals surface area contributed by atoms with Crippen molar-refractivity contribution < 1.29 is 4.79 Å². The number of rotatable bonds is 6. The summed E-state index contributed by atoms with van der Waals surface area (Å²) in [6.07, 6.45) is 5.46. The van der Waals surface area contributed by atoms with Crippen molar-refractivity contribution in [2.24, 2.45) is 0 Å². The zero-order valence-electron chi connectivity index (χ0n) is 12.4.